The Morgan fingerprint density at radius 2 is 1.12 bits per heavy atom. The van der Waals surface area contributed by atoms with Crippen molar-refractivity contribution in [1.29, 1.82) is 0 Å². The molecule has 242 valence electrons. The van der Waals surface area contributed by atoms with E-state index in [1.807, 2.05) is 10.6 Å². The molecule has 0 amide bonds. The Hall–Kier alpha value is -6.84. The molecule has 0 saturated heterocycles. The van der Waals surface area contributed by atoms with Crippen LogP contribution in [-0.4, -0.2) is 14.6 Å². The summed E-state index contributed by atoms with van der Waals surface area (Å²) in [6, 6.07) is 65.8. The van der Waals surface area contributed by atoms with E-state index in [9.17, 15) is 0 Å². The first-order valence-electron chi connectivity index (χ1n) is 17.8. The van der Waals surface area contributed by atoms with E-state index < -0.39 is 5.41 Å². The van der Waals surface area contributed by atoms with Gasteiger partial charge in [-0.1, -0.05) is 158 Å². The van der Waals surface area contributed by atoms with Crippen LogP contribution in [0.15, 0.2) is 188 Å². The Kier molecular flexibility index (Phi) is 6.17. The number of hydrogen-bond acceptors (Lipinski definition) is 2. The predicted molar refractivity (Wildman–Crippen MR) is 214 cm³/mol. The number of fused-ring (bicyclic) bond motifs is 10. The highest BCUT2D eigenvalue weighted by atomic mass is 15.2. The lowest BCUT2D eigenvalue weighted by Crippen LogP contribution is -2.28. The average Bonchev–Trinajstić information content (AvgIpc) is 3.75. The molecule has 0 unspecified atom stereocenters. The van der Waals surface area contributed by atoms with Crippen molar-refractivity contribution in [2.75, 3.05) is 0 Å². The van der Waals surface area contributed by atoms with Crippen LogP contribution in [0.25, 0.3) is 71.6 Å². The van der Waals surface area contributed by atoms with Gasteiger partial charge < -0.3 is 0 Å². The average molecular weight is 662 g/mol. The van der Waals surface area contributed by atoms with Gasteiger partial charge in [0.1, 0.15) is 0 Å². The maximum absolute atomic E-state index is 5.40. The number of hydrogen-bond donors (Lipinski definition) is 0. The summed E-state index contributed by atoms with van der Waals surface area (Å²) >= 11 is 0. The smallest absolute Gasteiger partial charge is 0.0933 e. The number of pyridine rings is 2. The minimum Gasteiger partial charge on any atom is -0.247 e. The molecule has 1 aliphatic carbocycles. The van der Waals surface area contributed by atoms with E-state index in [2.05, 4.69) is 182 Å². The van der Waals surface area contributed by atoms with E-state index >= 15 is 0 Å². The highest BCUT2D eigenvalue weighted by molar-refractivity contribution is 6.19. The van der Waals surface area contributed by atoms with Crippen LogP contribution in [0.1, 0.15) is 22.3 Å². The van der Waals surface area contributed by atoms with Crippen molar-refractivity contribution < 1.29 is 0 Å². The summed E-state index contributed by atoms with van der Waals surface area (Å²) in [5.74, 6) is 0. The van der Waals surface area contributed by atoms with E-state index in [1.54, 1.807) is 0 Å². The van der Waals surface area contributed by atoms with Crippen molar-refractivity contribution in [3.8, 4) is 33.5 Å². The Labute approximate surface area is 301 Å². The summed E-state index contributed by atoms with van der Waals surface area (Å²) in [6.45, 7) is 0. The van der Waals surface area contributed by atoms with Crippen molar-refractivity contribution in [3.05, 3.63) is 210 Å². The quantitative estimate of drug-likeness (QED) is 0.176. The van der Waals surface area contributed by atoms with Crippen LogP contribution in [0.5, 0.6) is 0 Å². The highest BCUT2D eigenvalue weighted by Crippen LogP contribution is 2.58. The zero-order chi connectivity index (χ0) is 34.2. The van der Waals surface area contributed by atoms with Crippen molar-refractivity contribution in [3.63, 3.8) is 0 Å². The number of benzene rings is 7. The third kappa shape index (κ3) is 4.02. The SMILES string of the molecule is c1ccc(C2(c3ccccc3)c3ccccc3-c3c2ccc2c(-c4cccc(-c5ccc6c7ccccc7nn6c5)c4)nc4ccccc4c32)cc1. The fourth-order valence-electron chi connectivity index (χ4n) is 8.89. The van der Waals surface area contributed by atoms with E-state index in [-0.39, 0.29) is 0 Å². The van der Waals surface area contributed by atoms with Gasteiger partial charge in [0.05, 0.1) is 27.7 Å². The largest absolute Gasteiger partial charge is 0.247 e. The van der Waals surface area contributed by atoms with Crippen LogP contribution in [0.2, 0.25) is 0 Å². The third-order valence-corrected chi connectivity index (χ3v) is 11.1. The van der Waals surface area contributed by atoms with Crippen LogP contribution in [0.3, 0.4) is 0 Å². The van der Waals surface area contributed by atoms with Crippen LogP contribution in [0.4, 0.5) is 0 Å². The molecule has 0 fully saturated rings. The summed E-state index contributed by atoms with van der Waals surface area (Å²) < 4.78 is 2.00. The standard InChI is InChI=1S/C49H31N3/c1-3-16-35(17-4-1)49(36-18-5-2-6-19-36)41-23-10-7-20-37(41)47-42(49)28-27-40-46(47)39-22-9-11-24-43(39)50-48(40)33-15-13-14-32(30-33)34-26-29-45-38-21-8-12-25-44(38)51-52(45)31-34/h1-31H. The molecular formula is C49H31N3. The Morgan fingerprint density at radius 3 is 1.92 bits per heavy atom. The maximum atomic E-state index is 5.40. The summed E-state index contributed by atoms with van der Waals surface area (Å²) in [7, 11) is 0. The number of aromatic nitrogens is 3. The fourth-order valence-corrected chi connectivity index (χ4v) is 8.89. The van der Waals surface area contributed by atoms with Gasteiger partial charge in [-0.05, 0) is 63.2 Å². The van der Waals surface area contributed by atoms with E-state index in [0.29, 0.717) is 0 Å². The third-order valence-electron chi connectivity index (χ3n) is 11.1. The summed E-state index contributed by atoms with van der Waals surface area (Å²) in [5.41, 5.74) is 14.6. The zero-order valence-electron chi connectivity index (χ0n) is 28.2. The summed E-state index contributed by atoms with van der Waals surface area (Å²) in [4.78, 5) is 5.40. The Bertz CT molecular complexity index is 2970. The fraction of sp³-hybridized carbons (Fsp3) is 0.0204. The molecule has 0 saturated carbocycles. The maximum Gasteiger partial charge on any atom is 0.0933 e. The molecule has 10 aromatic rings. The molecular weight excluding hydrogens is 631 g/mol. The van der Waals surface area contributed by atoms with Crippen molar-refractivity contribution in [1.82, 2.24) is 14.6 Å². The first-order valence-corrected chi connectivity index (χ1v) is 17.8. The normalized spacial score (nSPS) is 13.2. The second-order valence-electron chi connectivity index (χ2n) is 13.8. The molecule has 0 aliphatic heterocycles. The van der Waals surface area contributed by atoms with E-state index in [4.69, 9.17) is 10.1 Å². The Morgan fingerprint density at radius 1 is 0.442 bits per heavy atom. The van der Waals surface area contributed by atoms with Gasteiger partial charge in [0, 0.05) is 38.9 Å². The van der Waals surface area contributed by atoms with Crippen molar-refractivity contribution in [2.45, 2.75) is 5.41 Å². The molecule has 3 heterocycles. The molecule has 3 heteroatoms. The number of rotatable bonds is 4. The molecule has 0 radical (unpaired) electrons. The minimum absolute atomic E-state index is 0.469. The molecule has 0 atom stereocenters. The molecule has 0 N–H and O–H groups in total. The topological polar surface area (TPSA) is 30.2 Å². The molecule has 52 heavy (non-hydrogen) atoms. The van der Waals surface area contributed by atoms with Gasteiger partial charge in [0.25, 0.3) is 0 Å². The van der Waals surface area contributed by atoms with E-state index in [1.165, 1.54) is 38.8 Å². The van der Waals surface area contributed by atoms with Gasteiger partial charge in [-0.25, -0.2) is 9.50 Å². The number of para-hydroxylation sites is 1. The lowest BCUT2D eigenvalue weighted by Gasteiger charge is -2.34. The molecule has 1 aliphatic rings. The summed E-state index contributed by atoms with van der Waals surface area (Å²) in [5, 5.41) is 9.58. The van der Waals surface area contributed by atoms with Crippen molar-refractivity contribution in [2.24, 2.45) is 0 Å². The van der Waals surface area contributed by atoms with E-state index in [0.717, 1.165) is 55.1 Å². The van der Waals surface area contributed by atoms with Gasteiger partial charge in [-0.3, -0.25) is 0 Å². The van der Waals surface area contributed by atoms with Crippen LogP contribution < -0.4 is 0 Å². The molecule has 0 bridgehead atoms. The minimum atomic E-state index is -0.469. The van der Waals surface area contributed by atoms with Gasteiger partial charge in [-0.2, -0.15) is 5.10 Å². The van der Waals surface area contributed by atoms with Gasteiger partial charge in [-0.15, -0.1) is 0 Å². The zero-order valence-corrected chi connectivity index (χ0v) is 28.2. The van der Waals surface area contributed by atoms with Crippen LogP contribution in [-0.2, 0) is 5.41 Å². The molecule has 7 aromatic carbocycles. The molecule has 11 rings (SSSR count). The molecule has 3 nitrogen and oxygen atoms in total. The van der Waals surface area contributed by atoms with Gasteiger partial charge in [0.15, 0.2) is 0 Å². The lowest BCUT2D eigenvalue weighted by atomic mass is 9.67. The first kappa shape index (κ1) is 28.9. The number of nitrogens with zero attached hydrogens (tertiary/aromatic N) is 3. The van der Waals surface area contributed by atoms with Crippen LogP contribution >= 0.6 is 0 Å². The highest BCUT2D eigenvalue weighted by Gasteiger charge is 2.46. The van der Waals surface area contributed by atoms with Crippen molar-refractivity contribution >= 4 is 38.1 Å². The molecule has 3 aromatic heterocycles. The van der Waals surface area contributed by atoms with Gasteiger partial charge >= 0.3 is 0 Å². The lowest BCUT2D eigenvalue weighted by molar-refractivity contribution is 0.769. The predicted octanol–water partition coefficient (Wildman–Crippen LogP) is 11.9. The Balaban J connectivity index is 1.19. The first-order chi connectivity index (χ1) is 25.8. The second-order valence-corrected chi connectivity index (χ2v) is 13.8. The van der Waals surface area contributed by atoms with Gasteiger partial charge in [0.2, 0.25) is 0 Å². The second kappa shape index (κ2) is 11.1. The summed E-state index contributed by atoms with van der Waals surface area (Å²) in [6.07, 6.45) is 2.14. The monoisotopic (exact) mass is 661 g/mol. The molecule has 0 spiro atoms. The van der Waals surface area contributed by atoms with Crippen LogP contribution in [0, 0.1) is 0 Å².